The molecule has 0 radical (unpaired) electrons. The minimum Gasteiger partial charge on any atom is -0.480 e. The number of aliphatic carboxylic acids is 1. The molecule has 7 nitrogen and oxygen atoms in total. The standard InChI is InChI=1S/C12H22N2O5S/c1-14(20(2,18)19)9-10(15)13-12(11(16)17)7-5-3-4-6-8-12/h3-9H2,1-2H3,(H,13,15)(H,16,17). The predicted octanol–water partition coefficient (Wildman–Crippen LogP) is 0.172. The minimum atomic E-state index is -3.46. The minimum absolute atomic E-state index is 0.367. The molecule has 1 rings (SSSR count). The third-order valence-electron chi connectivity index (χ3n) is 3.68. The molecule has 0 bridgehead atoms. The van der Waals surface area contributed by atoms with E-state index in [2.05, 4.69) is 5.32 Å². The van der Waals surface area contributed by atoms with Crippen LogP contribution in [0, 0.1) is 0 Å². The Bertz CT molecular complexity index is 466. The van der Waals surface area contributed by atoms with Crippen molar-refractivity contribution in [3.05, 3.63) is 0 Å². The molecule has 0 atom stereocenters. The zero-order valence-corrected chi connectivity index (χ0v) is 12.7. The molecular weight excluding hydrogens is 284 g/mol. The van der Waals surface area contributed by atoms with Crippen LogP contribution in [0.5, 0.6) is 0 Å². The van der Waals surface area contributed by atoms with Gasteiger partial charge in [-0.25, -0.2) is 13.2 Å². The Hall–Kier alpha value is -1.15. The normalized spacial score (nSPS) is 19.4. The van der Waals surface area contributed by atoms with Gasteiger partial charge in [-0.15, -0.1) is 0 Å². The summed E-state index contributed by atoms with van der Waals surface area (Å²) in [4.78, 5) is 23.4. The van der Waals surface area contributed by atoms with Crippen LogP contribution in [0.4, 0.5) is 0 Å². The van der Waals surface area contributed by atoms with Gasteiger partial charge in [-0.1, -0.05) is 25.7 Å². The fourth-order valence-corrected chi connectivity index (χ4v) is 2.70. The van der Waals surface area contributed by atoms with Crippen LogP contribution in [0.3, 0.4) is 0 Å². The zero-order valence-electron chi connectivity index (χ0n) is 11.9. The van der Waals surface area contributed by atoms with Crippen LogP contribution in [-0.4, -0.2) is 55.1 Å². The van der Waals surface area contributed by atoms with Gasteiger partial charge in [-0.3, -0.25) is 4.79 Å². The molecule has 0 aliphatic heterocycles. The smallest absolute Gasteiger partial charge is 0.329 e. The predicted molar refractivity (Wildman–Crippen MR) is 73.7 cm³/mol. The summed E-state index contributed by atoms with van der Waals surface area (Å²) in [7, 11) is -2.17. The summed E-state index contributed by atoms with van der Waals surface area (Å²) in [6.07, 6.45) is 5.16. The van der Waals surface area contributed by atoms with E-state index in [1.807, 2.05) is 0 Å². The Morgan fingerprint density at radius 3 is 2.10 bits per heavy atom. The second-order valence-corrected chi connectivity index (χ2v) is 7.46. The van der Waals surface area contributed by atoms with Gasteiger partial charge in [0.2, 0.25) is 15.9 Å². The van der Waals surface area contributed by atoms with E-state index in [0.29, 0.717) is 12.8 Å². The van der Waals surface area contributed by atoms with Gasteiger partial charge in [-0.2, -0.15) is 4.31 Å². The number of carboxylic acid groups (broad SMARTS) is 1. The number of carbonyl (C=O) groups excluding carboxylic acids is 1. The van der Waals surface area contributed by atoms with Gasteiger partial charge in [0.15, 0.2) is 0 Å². The Morgan fingerprint density at radius 1 is 1.20 bits per heavy atom. The summed E-state index contributed by atoms with van der Waals surface area (Å²) >= 11 is 0. The third kappa shape index (κ3) is 4.45. The molecule has 1 saturated carbocycles. The van der Waals surface area contributed by atoms with Crippen LogP contribution in [0.1, 0.15) is 38.5 Å². The monoisotopic (exact) mass is 306 g/mol. The lowest BCUT2D eigenvalue weighted by Crippen LogP contribution is -2.56. The molecule has 1 amide bonds. The lowest BCUT2D eigenvalue weighted by Gasteiger charge is -2.30. The van der Waals surface area contributed by atoms with E-state index in [0.717, 1.165) is 36.2 Å². The number of hydrogen-bond acceptors (Lipinski definition) is 4. The van der Waals surface area contributed by atoms with E-state index in [9.17, 15) is 23.1 Å². The third-order valence-corrected chi connectivity index (χ3v) is 4.94. The number of likely N-dealkylation sites (N-methyl/N-ethyl adjacent to an activating group) is 1. The molecule has 2 N–H and O–H groups in total. The molecule has 0 spiro atoms. The van der Waals surface area contributed by atoms with E-state index in [1.54, 1.807) is 0 Å². The maximum Gasteiger partial charge on any atom is 0.329 e. The van der Waals surface area contributed by atoms with E-state index < -0.39 is 27.4 Å². The summed E-state index contributed by atoms with van der Waals surface area (Å²) in [5, 5.41) is 11.9. The van der Waals surface area contributed by atoms with Crippen molar-refractivity contribution < 1.29 is 23.1 Å². The fourth-order valence-electron chi connectivity index (χ4n) is 2.35. The second-order valence-electron chi connectivity index (χ2n) is 5.37. The van der Waals surface area contributed by atoms with Crippen LogP contribution < -0.4 is 5.32 Å². The van der Waals surface area contributed by atoms with Crippen molar-refractivity contribution in [2.75, 3.05) is 19.8 Å². The van der Waals surface area contributed by atoms with Gasteiger partial charge in [0.1, 0.15) is 5.54 Å². The van der Waals surface area contributed by atoms with Crippen LogP contribution >= 0.6 is 0 Å². The largest absolute Gasteiger partial charge is 0.480 e. The SMILES string of the molecule is CN(CC(=O)NC1(C(=O)O)CCCCCC1)S(C)(=O)=O. The first-order valence-electron chi connectivity index (χ1n) is 6.63. The molecule has 116 valence electrons. The number of nitrogens with zero attached hydrogens (tertiary/aromatic N) is 1. The summed E-state index contributed by atoms with van der Waals surface area (Å²) in [5.74, 6) is -1.63. The number of rotatable bonds is 5. The molecule has 20 heavy (non-hydrogen) atoms. The van der Waals surface area contributed by atoms with Crippen molar-refractivity contribution in [1.82, 2.24) is 9.62 Å². The first-order valence-corrected chi connectivity index (χ1v) is 8.48. The maximum atomic E-state index is 11.9. The van der Waals surface area contributed by atoms with Gasteiger partial charge in [0, 0.05) is 7.05 Å². The molecule has 0 aromatic rings. The van der Waals surface area contributed by atoms with Gasteiger partial charge >= 0.3 is 5.97 Å². The van der Waals surface area contributed by atoms with Gasteiger partial charge in [-0.05, 0) is 12.8 Å². The number of hydrogen-bond donors (Lipinski definition) is 2. The number of nitrogens with one attached hydrogen (secondary N) is 1. The Morgan fingerprint density at radius 2 is 1.70 bits per heavy atom. The highest BCUT2D eigenvalue weighted by Gasteiger charge is 2.40. The molecule has 1 aliphatic carbocycles. The van der Waals surface area contributed by atoms with Crippen LogP contribution in [-0.2, 0) is 19.6 Å². The molecule has 0 heterocycles. The first kappa shape index (κ1) is 16.9. The summed E-state index contributed by atoms with van der Waals surface area (Å²) in [6, 6.07) is 0. The maximum absolute atomic E-state index is 11.9. The van der Waals surface area contributed by atoms with Crippen LogP contribution in [0.15, 0.2) is 0 Å². The highest BCUT2D eigenvalue weighted by Crippen LogP contribution is 2.27. The van der Waals surface area contributed by atoms with Crippen molar-refractivity contribution in [2.45, 2.75) is 44.1 Å². The van der Waals surface area contributed by atoms with E-state index in [4.69, 9.17) is 0 Å². The highest BCUT2D eigenvalue weighted by atomic mass is 32.2. The number of amides is 1. The van der Waals surface area contributed by atoms with E-state index in [-0.39, 0.29) is 6.54 Å². The lowest BCUT2D eigenvalue weighted by atomic mass is 9.90. The van der Waals surface area contributed by atoms with E-state index in [1.165, 1.54) is 7.05 Å². The summed E-state index contributed by atoms with van der Waals surface area (Å²) < 4.78 is 23.4. The topological polar surface area (TPSA) is 104 Å². The van der Waals surface area contributed by atoms with Crippen molar-refractivity contribution >= 4 is 21.9 Å². The second kappa shape index (κ2) is 6.53. The Kier molecular flexibility index (Phi) is 5.52. The van der Waals surface area contributed by atoms with Crippen LogP contribution in [0.25, 0.3) is 0 Å². The first-order chi connectivity index (χ1) is 9.17. The van der Waals surface area contributed by atoms with Crippen molar-refractivity contribution in [3.8, 4) is 0 Å². The fraction of sp³-hybridized carbons (Fsp3) is 0.833. The number of sulfonamides is 1. The molecule has 0 aromatic carbocycles. The molecular formula is C12H22N2O5S. The molecule has 0 aromatic heterocycles. The average molecular weight is 306 g/mol. The number of carboxylic acids is 1. The summed E-state index contributed by atoms with van der Waals surface area (Å²) in [6.45, 7) is -0.367. The van der Waals surface area contributed by atoms with E-state index >= 15 is 0 Å². The Labute approximate surface area is 119 Å². The number of carbonyl (C=O) groups is 2. The van der Waals surface area contributed by atoms with Crippen molar-refractivity contribution in [1.29, 1.82) is 0 Å². The molecule has 1 aliphatic rings. The van der Waals surface area contributed by atoms with Gasteiger partial charge < -0.3 is 10.4 Å². The van der Waals surface area contributed by atoms with Crippen molar-refractivity contribution in [2.24, 2.45) is 0 Å². The van der Waals surface area contributed by atoms with Crippen molar-refractivity contribution in [3.63, 3.8) is 0 Å². The molecule has 0 unspecified atom stereocenters. The zero-order chi connectivity index (χ0) is 15.4. The molecule has 0 saturated heterocycles. The summed E-state index contributed by atoms with van der Waals surface area (Å²) in [5.41, 5.74) is -1.26. The quantitative estimate of drug-likeness (QED) is 0.705. The lowest BCUT2D eigenvalue weighted by molar-refractivity contribution is -0.148. The Balaban J connectivity index is 2.75. The van der Waals surface area contributed by atoms with Gasteiger partial charge in [0.25, 0.3) is 0 Å². The highest BCUT2D eigenvalue weighted by molar-refractivity contribution is 7.88. The average Bonchev–Trinajstić information content (AvgIpc) is 2.54. The van der Waals surface area contributed by atoms with Crippen LogP contribution in [0.2, 0.25) is 0 Å². The molecule has 1 fully saturated rings. The van der Waals surface area contributed by atoms with Gasteiger partial charge in [0.05, 0.1) is 12.8 Å². The molecule has 8 heteroatoms.